The molecule has 4 nitrogen and oxygen atoms in total. The molecule has 5 heteroatoms. The minimum absolute atomic E-state index is 0.524. The van der Waals surface area contributed by atoms with Gasteiger partial charge in [-0.1, -0.05) is 0 Å². The number of thiazole rings is 1. The lowest BCUT2D eigenvalue weighted by molar-refractivity contribution is 0.176. The Morgan fingerprint density at radius 1 is 1.47 bits per heavy atom. The molecule has 0 amide bonds. The van der Waals surface area contributed by atoms with Gasteiger partial charge in [0.15, 0.2) is 0 Å². The third kappa shape index (κ3) is 2.57. The summed E-state index contributed by atoms with van der Waals surface area (Å²) in [4.78, 5) is 4.30. The van der Waals surface area contributed by atoms with Crippen molar-refractivity contribution in [2.45, 2.75) is 19.4 Å². The van der Waals surface area contributed by atoms with Gasteiger partial charge in [-0.25, -0.2) is 4.98 Å². The molecule has 2 heterocycles. The van der Waals surface area contributed by atoms with Gasteiger partial charge in [0.25, 0.3) is 0 Å². The molecule has 78 valence electrons. The van der Waals surface area contributed by atoms with E-state index in [4.69, 9.17) is 0 Å². The van der Waals surface area contributed by atoms with Crippen LogP contribution in [0, 0.1) is 6.92 Å². The fraction of sp³-hybridized carbons (Fsp3) is 0.300. The first kappa shape index (κ1) is 10.2. The van der Waals surface area contributed by atoms with Crippen LogP contribution in [-0.2, 0) is 6.42 Å². The van der Waals surface area contributed by atoms with Crippen LogP contribution in [0.1, 0.15) is 22.4 Å². The van der Waals surface area contributed by atoms with Gasteiger partial charge in [-0.3, -0.25) is 0 Å². The summed E-state index contributed by atoms with van der Waals surface area (Å²) in [7, 11) is 0. The third-order valence-electron chi connectivity index (χ3n) is 2.06. The molecule has 2 aromatic rings. The molecule has 0 spiro atoms. The number of hydrogen-bond acceptors (Lipinski definition) is 5. The van der Waals surface area contributed by atoms with E-state index in [-0.39, 0.29) is 0 Å². The van der Waals surface area contributed by atoms with Gasteiger partial charge in [0, 0.05) is 23.6 Å². The topological polar surface area (TPSA) is 58.9 Å². The Hall–Kier alpha value is -1.33. The second-order valence-electron chi connectivity index (χ2n) is 3.25. The van der Waals surface area contributed by atoms with Crippen molar-refractivity contribution < 1.29 is 5.11 Å². The van der Waals surface area contributed by atoms with E-state index >= 15 is 0 Å². The van der Waals surface area contributed by atoms with Crippen LogP contribution in [0.5, 0.6) is 0 Å². The summed E-state index contributed by atoms with van der Waals surface area (Å²) in [6.07, 6.45) is 3.12. The predicted molar refractivity (Wildman–Crippen MR) is 57.5 cm³/mol. The van der Waals surface area contributed by atoms with Gasteiger partial charge in [0.05, 0.1) is 23.0 Å². The third-order valence-corrected chi connectivity index (χ3v) is 2.88. The zero-order chi connectivity index (χ0) is 10.7. The zero-order valence-electron chi connectivity index (χ0n) is 8.29. The van der Waals surface area contributed by atoms with Crippen molar-refractivity contribution >= 4 is 11.3 Å². The van der Waals surface area contributed by atoms with Crippen LogP contribution in [-0.4, -0.2) is 20.3 Å². The summed E-state index contributed by atoms with van der Waals surface area (Å²) in [5, 5.41) is 20.3. The fourth-order valence-electron chi connectivity index (χ4n) is 1.32. The highest BCUT2D eigenvalue weighted by molar-refractivity contribution is 7.09. The van der Waals surface area contributed by atoms with Crippen molar-refractivity contribution in [3.8, 4) is 0 Å². The highest BCUT2D eigenvalue weighted by atomic mass is 32.1. The van der Waals surface area contributed by atoms with E-state index < -0.39 is 6.10 Å². The van der Waals surface area contributed by atoms with Crippen LogP contribution in [0.15, 0.2) is 23.8 Å². The lowest BCUT2D eigenvalue weighted by Crippen LogP contribution is -2.02. The largest absolute Gasteiger partial charge is 0.388 e. The minimum atomic E-state index is -0.554. The predicted octanol–water partition coefficient (Wildman–Crippen LogP) is 1.52. The summed E-state index contributed by atoms with van der Waals surface area (Å²) in [6.45, 7) is 1.95. The summed E-state index contributed by atoms with van der Waals surface area (Å²) >= 11 is 1.59. The lowest BCUT2D eigenvalue weighted by Gasteiger charge is -2.07. The SMILES string of the molecule is Cc1nc(CC(O)c2ccnnc2)cs1. The van der Waals surface area contributed by atoms with Crippen LogP contribution in [0.3, 0.4) is 0 Å². The van der Waals surface area contributed by atoms with Gasteiger partial charge in [-0.2, -0.15) is 10.2 Å². The molecule has 1 unspecified atom stereocenters. The molecule has 0 aliphatic rings. The molecule has 1 N–H and O–H groups in total. The molecule has 0 fully saturated rings. The van der Waals surface area contributed by atoms with E-state index in [0.717, 1.165) is 16.3 Å². The first-order chi connectivity index (χ1) is 7.25. The number of hydrogen-bond donors (Lipinski definition) is 1. The van der Waals surface area contributed by atoms with Crippen LogP contribution in [0.2, 0.25) is 0 Å². The van der Waals surface area contributed by atoms with Crippen molar-refractivity contribution in [1.29, 1.82) is 0 Å². The maximum Gasteiger partial charge on any atom is 0.0897 e. The number of aryl methyl sites for hydroxylation is 1. The Balaban J connectivity index is 2.07. The standard InChI is InChI=1S/C10H11N3OS/c1-7-13-9(6-15-7)4-10(14)8-2-3-11-12-5-8/h2-3,5-6,10,14H,4H2,1H3. The summed E-state index contributed by atoms with van der Waals surface area (Å²) < 4.78 is 0. The number of rotatable bonds is 3. The molecule has 0 aliphatic heterocycles. The Kier molecular flexibility index (Phi) is 3.03. The van der Waals surface area contributed by atoms with Gasteiger partial charge >= 0.3 is 0 Å². The van der Waals surface area contributed by atoms with Gasteiger partial charge < -0.3 is 5.11 Å². The molecule has 2 aromatic heterocycles. The first-order valence-electron chi connectivity index (χ1n) is 4.61. The van der Waals surface area contributed by atoms with Gasteiger partial charge in [0.1, 0.15) is 0 Å². The Labute approximate surface area is 91.6 Å². The molecular formula is C10H11N3OS. The smallest absolute Gasteiger partial charge is 0.0897 e. The Bertz CT molecular complexity index is 429. The monoisotopic (exact) mass is 221 g/mol. The van der Waals surface area contributed by atoms with E-state index in [2.05, 4.69) is 15.2 Å². The van der Waals surface area contributed by atoms with Crippen molar-refractivity contribution in [3.63, 3.8) is 0 Å². The molecule has 1 atom stereocenters. The first-order valence-corrected chi connectivity index (χ1v) is 5.49. The van der Waals surface area contributed by atoms with E-state index in [0.29, 0.717) is 6.42 Å². The quantitative estimate of drug-likeness (QED) is 0.853. The number of nitrogens with zero attached hydrogens (tertiary/aromatic N) is 3. The maximum atomic E-state index is 9.88. The molecule has 0 aromatic carbocycles. The lowest BCUT2D eigenvalue weighted by atomic mass is 10.1. The average molecular weight is 221 g/mol. The number of aliphatic hydroxyl groups excluding tert-OH is 1. The number of aromatic nitrogens is 3. The molecule has 0 saturated heterocycles. The average Bonchev–Trinajstić information content (AvgIpc) is 2.65. The van der Waals surface area contributed by atoms with E-state index in [9.17, 15) is 5.11 Å². The normalized spacial score (nSPS) is 12.7. The van der Waals surface area contributed by atoms with E-state index in [1.54, 1.807) is 29.8 Å². The van der Waals surface area contributed by atoms with Crippen LogP contribution in [0.25, 0.3) is 0 Å². The molecule has 0 radical (unpaired) electrons. The molecule has 0 saturated carbocycles. The molecule has 0 aliphatic carbocycles. The fourth-order valence-corrected chi connectivity index (χ4v) is 1.94. The Morgan fingerprint density at radius 3 is 2.93 bits per heavy atom. The van der Waals surface area contributed by atoms with Gasteiger partial charge in [-0.05, 0) is 13.0 Å². The van der Waals surface area contributed by atoms with Gasteiger partial charge in [0.2, 0.25) is 0 Å². The van der Waals surface area contributed by atoms with E-state index in [1.165, 1.54) is 0 Å². The van der Waals surface area contributed by atoms with Crippen molar-refractivity contribution in [1.82, 2.24) is 15.2 Å². The maximum absolute atomic E-state index is 9.88. The molecule has 2 rings (SSSR count). The molecule has 0 bridgehead atoms. The highest BCUT2D eigenvalue weighted by Gasteiger charge is 2.10. The van der Waals surface area contributed by atoms with Crippen molar-refractivity contribution in [2.24, 2.45) is 0 Å². The van der Waals surface area contributed by atoms with Crippen LogP contribution < -0.4 is 0 Å². The van der Waals surface area contributed by atoms with Crippen LogP contribution in [0.4, 0.5) is 0 Å². The second kappa shape index (κ2) is 4.46. The Morgan fingerprint density at radius 2 is 2.33 bits per heavy atom. The molecular weight excluding hydrogens is 210 g/mol. The second-order valence-corrected chi connectivity index (χ2v) is 4.32. The summed E-state index contributed by atoms with van der Waals surface area (Å²) in [6, 6.07) is 1.76. The van der Waals surface area contributed by atoms with Crippen molar-refractivity contribution in [2.75, 3.05) is 0 Å². The summed E-state index contributed by atoms with van der Waals surface area (Å²) in [5.74, 6) is 0. The summed E-state index contributed by atoms with van der Waals surface area (Å²) in [5.41, 5.74) is 1.69. The van der Waals surface area contributed by atoms with E-state index in [1.807, 2.05) is 12.3 Å². The van der Waals surface area contributed by atoms with Crippen LogP contribution >= 0.6 is 11.3 Å². The van der Waals surface area contributed by atoms with Crippen molar-refractivity contribution in [3.05, 3.63) is 40.1 Å². The highest BCUT2D eigenvalue weighted by Crippen LogP contribution is 2.18. The number of aliphatic hydroxyl groups is 1. The molecule has 15 heavy (non-hydrogen) atoms. The van der Waals surface area contributed by atoms with Gasteiger partial charge in [-0.15, -0.1) is 11.3 Å². The zero-order valence-corrected chi connectivity index (χ0v) is 9.11. The minimum Gasteiger partial charge on any atom is -0.388 e.